The third kappa shape index (κ3) is 4.96. The fourth-order valence-electron chi connectivity index (χ4n) is 4.13. The molecule has 1 amide bonds. The van der Waals surface area contributed by atoms with E-state index in [1.165, 1.54) is 0 Å². The van der Waals surface area contributed by atoms with Crippen molar-refractivity contribution in [3.8, 4) is 5.75 Å². The Bertz CT molecular complexity index is 640. The summed E-state index contributed by atoms with van der Waals surface area (Å²) in [5.74, 6) is -0.773. The maximum atomic E-state index is 13.2. The zero-order chi connectivity index (χ0) is 19.6. The van der Waals surface area contributed by atoms with Crippen molar-refractivity contribution < 1.29 is 22.7 Å². The summed E-state index contributed by atoms with van der Waals surface area (Å²) >= 11 is 0. The highest BCUT2D eigenvalue weighted by Crippen LogP contribution is 2.42. The molecule has 0 bridgehead atoms. The van der Waals surface area contributed by atoms with Crippen LogP contribution in [0.15, 0.2) is 24.3 Å². The molecular formula is C21H28F3NO2. The molecule has 1 aromatic carbocycles. The first-order chi connectivity index (χ1) is 12.8. The Hall–Kier alpha value is -1.72. The quantitative estimate of drug-likeness (QED) is 0.676. The average Bonchev–Trinajstić information content (AvgIpc) is 3.50. The van der Waals surface area contributed by atoms with Gasteiger partial charge in [0.1, 0.15) is 5.75 Å². The van der Waals surface area contributed by atoms with Crippen LogP contribution >= 0.6 is 0 Å². The van der Waals surface area contributed by atoms with E-state index in [4.69, 9.17) is 4.74 Å². The van der Waals surface area contributed by atoms with Crippen molar-refractivity contribution in [3.63, 3.8) is 0 Å². The van der Waals surface area contributed by atoms with E-state index in [1.54, 1.807) is 7.11 Å². The second kappa shape index (κ2) is 8.11. The Labute approximate surface area is 158 Å². The predicted octanol–water partition coefficient (Wildman–Crippen LogP) is 5.19. The highest BCUT2D eigenvalue weighted by Gasteiger charge is 2.45. The lowest BCUT2D eigenvalue weighted by atomic mass is 9.80. The molecule has 2 aliphatic rings. The van der Waals surface area contributed by atoms with Gasteiger partial charge < -0.3 is 9.64 Å². The Morgan fingerprint density at radius 3 is 2.41 bits per heavy atom. The zero-order valence-corrected chi connectivity index (χ0v) is 16.0. The monoisotopic (exact) mass is 383 g/mol. The molecule has 0 saturated heterocycles. The molecule has 2 aliphatic carbocycles. The summed E-state index contributed by atoms with van der Waals surface area (Å²) in [5.41, 5.74) is 0.972. The second-order valence-corrected chi connectivity index (χ2v) is 7.99. The number of nitrogens with zero attached hydrogens (tertiary/aromatic N) is 1. The molecule has 0 spiro atoms. The van der Waals surface area contributed by atoms with Crippen LogP contribution in [0.25, 0.3) is 0 Å². The van der Waals surface area contributed by atoms with Crippen molar-refractivity contribution in [2.24, 2.45) is 17.8 Å². The van der Waals surface area contributed by atoms with Crippen molar-refractivity contribution in [2.45, 2.75) is 64.2 Å². The molecule has 0 radical (unpaired) electrons. The summed E-state index contributed by atoms with van der Waals surface area (Å²) in [5, 5.41) is 0. The average molecular weight is 383 g/mol. The van der Waals surface area contributed by atoms with Crippen molar-refractivity contribution in [2.75, 3.05) is 7.11 Å². The summed E-state index contributed by atoms with van der Waals surface area (Å²) < 4.78 is 44.6. The molecule has 0 aliphatic heterocycles. The van der Waals surface area contributed by atoms with E-state index in [-0.39, 0.29) is 24.8 Å². The molecule has 3 rings (SSSR count). The Morgan fingerprint density at radius 1 is 1.19 bits per heavy atom. The van der Waals surface area contributed by atoms with Crippen LogP contribution in [0.2, 0.25) is 0 Å². The summed E-state index contributed by atoms with van der Waals surface area (Å²) in [6.45, 7) is 2.47. The van der Waals surface area contributed by atoms with E-state index in [0.717, 1.165) is 24.2 Å². The number of halogens is 3. The van der Waals surface area contributed by atoms with Crippen molar-refractivity contribution in [1.29, 1.82) is 0 Å². The largest absolute Gasteiger partial charge is 0.497 e. The summed E-state index contributed by atoms with van der Waals surface area (Å²) in [4.78, 5) is 15.0. The fraction of sp³-hybridized carbons (Fsp3) is 0.667. The lowest BCUT2D eigenvalue weighted by Crippen LogP contribution is -2.45. The topological polar surface area (TPSA) is 29.5 Å². The lowest BCUT2D eigenvalue weighted by molar-refractivity contribution is -0.187. The number of amides is 1. The standard InChI is InChI=1S/C21H28F3NO2/c1-14(16-8-9-16)25(13-15-6-10-19(27-2)11-7-15)20(26)17-4-3-5-18(12-17)21(22,23)24/h6-7,10-11,14,16-18H,3-5,8-9,12-13H2,1-2H3. The highest BCUT2D eigenvalue weighted by molar-refractivity contribution is 5.79. The van der Waals surface area contributed by atoms with Crippen molar-refractivity contribution in [3.05, 3.63) is 29.8 Å². The van der Waals surface area contributed by atoms with Crippen LogP contribution in [0.3, 0.4) is 0 Å². The minimum Gasteiger partial charge on any atom is -0.497 e. The van der Waals surface area contributed by atoms with Crippen LogP contribution in [0.1, 0.15) is 51.0 Å². The van der Waals surface area contributed by atoms with Gasteiger partial charge in [-0.25, -0.2) is 0 Å². The molecule has 1 aromatic rings. The maximum Gasteiger partial charge on any atom is 0.391 e. The summed E-state index contributed by atoms with van der Waals surface area (Å²) in [6, 6.07) is 7.59. The van der Waals surface area contributed by atoms with Gasteiger partial charge in [-0.2, -0.15) is 13.2 Å². The van der Waals surface area contributed by atoms with Crippen molar-refractivity contribution >= 4 is 5.91 Å². The number of benzene rings is 1. The van der Waals surface area contributed by atoms with Gasteiger partial charge in [0.15, 0.2) is 0 Å². The van der Waals surface area contributed by atoms with Gasteiger partial charge in [0.2, 0.25) is 5.91 Å². The van der Waals surface area contributed by atoms with Crippen LogP contribution in [-0.2, 0) is 11.3 Å². The summed E-state index contributed by atoms with van der Waals surface area (Å²) in [6.07, 6.45) is -0.936. The number of carbonyl (C=O) groups excluding carboxylic acids is 1. The first-order valence-corrected chi connectivity index (χ1v) is 9.79. The Morgan fingerprint density at radius 2 is 1.85 bits per heavy atom. The Kier molecular flexibility index (Phi) is 6.02. The molecule has 2 fully saturated rings. The summed E-state index contributed by atoms with van der Waals surface area (Å²) in [7, 11) is 1.60. The van der Waals surface area contributed by atoms with E-state index >= 15 is 0 Å². The van der Waals surface area contributed by atoms with E-state index < -0.39 is 18.0 Å². The lowest BCUT2D eigenvalue weighted by Gasteiger charge is -2.36. The van der Waals surface area contributed by atoms with Crippen LogP contribution in [0, 0.1) is 17.8 Å². The first-order valence-electron chi connectivity index (χ1n) is 9.79. The molecule has 0 N–H and O–H groups in total. The van der Waals surface area contributed by atoms with E-state index in [1.807, 2.05) is 36.1 Å². The second-order valence-electron chi connectivity index (χ2n) is 7.99. The van der Waals surface area contributed by atoms with Gasteiger partial charge in [-0.05, 0) is 62.6 Å². The SMILES string of the molecule is COc1ccc(CN(C(=O)C2CCCC(C(F)(F)F)C2)C(C)C2CC2)cc1. The van der Waals surface area contributed by atoms with Gasteiger partial charge in [0.05, 0.1) is 13.0 Å². The number of rotatable bonds is 6. The fourth-order valence-corrected chi connectivity index (χ4v) is 4.13. The molecular weight excluding hydrogens is 355 g/mol. The third-order valence-corrected chi connectivity index (χ3v) is 6.08. The molecule has 2 saturated carbocycles. The van der Waals surface area contributed by atoms with E-state index in [0.29, 0.717) is 25.3 Å². The normalized spacial score (nSPS) is 24.3. The van der Waals surface area contributed by atoms with Crippen LogP contribution in [0.5, 0.6) is 5.75 Å². The maximum absolute atomic E-state index is 13.2. The number of ether oxygens (including phenoxy) is 1. The smallest absolute Gasteiger partial charge is 0.391 e. The number of methoxy groups -OCH3 is 1. The predicted molar refractivity (Wildman–Crippen MR) is 97.2 cm³/mol. The molecule has 0 heterocycles. The van der Waals surface area contributed by atoms with Gasteiger partial charge in [0, 0.05) is 18.5 Å². The molecule has 150 valence electrons. The van der Waals surface area contributed by atoms with Gasteiger partial charge in [-0.1, -0.05) is 18.6 Å². The number of hydrogen-bond donors (Lipinski definition) is 0. The van der Waals surface area contributed by atoms with Crippen LogP contribution in [0.4, 0.5) is 13.2 Å². The molecule has 6 heteroatoms. The van der Waals surface area contributed by atoms with E-state index in [2.05, 4.69) is 0 Å². The van der Waals surface area contributed by atoms with Gasteiger partial charge in [0.25, 0.3) is 0 Å². The third-order valence-electron chi connectivity index (χ3n) is 6.08. The first kappa shape index (κ1) is 20.0. The van der Waals surface area contributed by atoms with Crippen LogP contribution in [-0.4, -0.2) is 30.1 Å². The number of hydrogen-bond acceptors (Lipinski definition) is 2. The van der Waals surface area contributed by atoms with Crippen molar-refractivity contribution in [1.82, 2.24) is 4.90 Å². The molecule has 3 nitrogen and oxygen atoms in total. The van der Waals surface area contributed by atoms with Gasteiger partial charge >= 0.3 is 6.18 Å². The minimum atomic E-state index is -4.21. The van der Waals surface area contributed by atoms with Gasteiger partial charge in [-0.15, -0.1) is 0 Å². The molecule has 3 atom stereocenters. The molecule has 27 heavy (non-hydrogen) atoms. The zero-order valence-electron chi connectivity index (χ0n) is 16.0. The number of carbonyl (C=O) groups is 1. The number of alkyl halides is 3. The highest BCUT2D eigenvalue weighted by atomic mass is 19.4. The minimum absolute atomic E-state index is 0.0610. The molecule has 3 unspecified atom stereocenters. The van der Waals surface area contributed by atoms with Crippen LogP contribution < -0.4 is 4.74 Å². The van der Waals surface area contributed by atoms with Gasteiger partial charge in [-0.3, -0.25) is 4.79 Å². The van der Waals surface area contributed by atoms with E-state index in [9.17, 15) is 18.0 Å². The molecule has 0 aromatic heterocycles. The Balaban J connectivity index is 1.74.